The van der Waals surface area contributed by atoms with Crippen LogP contribution in [0.5, 0.6) is 17.5 Å². The lowest BCUT2D eigenvalue weighted by Crippen LogP contribution is -2.11. The molecule has 0 N–H and O–H groups in total. The van der Waals surface area contributed by atoms with Crippen LogP contribution in [-0.2, 0) is 0 Å². The zero-order chi connectivity index (χ0) is 23.8. The fourth-order valence-corrected chi connectivity index (χ4v) is 4.29. The van der Waals surface area contributed by atoms with Crippen LogP contribution in [0, 0.1) is 11.8 Å². The minimum atomic E-state index is 0.326. The van der Waals surface area contributed by atoms with Gasteiger partial charge in [0.1, 0.15) is 22.9 Å². The Bertz CT molecular complexity index is 1040. The van der Waals surface area contributed by atoms with Crippen LogP contribution >= 0.6 is 0 Å². The number of nitrogens with zero attached hydrogens (tertiary/aromatic N) is 3. The van der Waals surface area contributed by atoms with Gasteiger partial charge in [-0.2, -0.15) is 4.98 Å². The average Bonchev–Trinajstić information content (AvgIpc) is 3.30. The number of rotatable bonds is 11. The molecule has 4 rings (SSSR count). The molecule has 0 radical (unpaired) electrons. The summed E-state index contributed by atoms with van der Waals surface area (Å²) in [6.07, 6.45) is 5.61. The Hall–Kier alpha value is -3.15. The van der Waals surface area contributed by atoms with Gasteiger partial charge in [-0.15, -0.1) is 5.10 Å². The average molecular weight is 462 g/mol. The molecule has 2 atom stereocenters. The molecule has 2 unspecified atom stereocenters. The van der Waals surface area contributed by atoms with E-state index in [4.69, 9.17) is 19.2 Å². The van der Waals surface area contributed by atoms with Gasteiger partial charge in [0.2, 0.25) is 0 Å². The summed E-state index contributed by atoms with van der Waals surface area (Å²) in [5.74, 6) is 3.02. The molecule has 0 aliphatic heterocycles. The smallest absolute Gasteiger partial charge is 0.336 e. The van der Waals surface area contributed by atoms with Crippen molar-refractivity contribution in [3.8, 4) is 40.0 Å². The SMILES string of the molecule is CCCOc1ccc(-c2nnc(OCC3CCC(C)C3)nc2-c2ccc(OCCC)cc2)cc1. The van der Waals surface area contributed by atoms with E-state index in [2.05, 4.69) is 31.0 Å². The van der Waals surface area contributed by atoms with Gasteiger partial charge >= 0.3 is 6.01 Å². The molecule has 1 aromatic heterocycles. The zero-order valence-electron chi connectivity index (χ0n) is 20.5. The lowest BCUT2D eigenvalue weighted by molar-refractivity contribution is 0.229. The van der Waals surface area contributed by atoms with E-state index in [0.29, 0.717) is 37.4 Å². The summed E-state index contributed by atoms with van der Waals surface area (Å²) < 4.78 is 17.5. The van der Waals surface area contributed by atoms with Gasteiger partial charge in [-0.05, 0) is 86.1 Å². The van der Waals surface area contributed by atoms with Crippen molar-refractivity contribution >= 4 is 0 Å². The fourth-order valence-electron chi connectivity index (χ4n) is 4.29. The lowest BCUT2D eigenvalue weighted by Gasteiger charge is -2.13. The fraction of sp³-hybridized carbons (Fsp3) is 0.464. The predicted molar refractivity (Wildman–Crippen MR) is 134 cm³/mol. The summed E-state index contributed by atoms with van der Waals surface area (Å²) >= 11 is 0. The molecule has 0 spiro atoms. The highest BCUT2D eigenvalue weighted by Gasteiger charge is 2.22. The van der Waals surface area contributed by atoms with Crippen molar-refractivity contribution in [1.29, 1.82) is 0 Å². The second kappa shape index (κ2) is 11.8. The second-order valence-electron chi connectivity index (χ2n) is 9.13. The Morgan fingerprint density at radius 3 is 1.85 bits per heavy atom. The largest absolute Gasteiger partial charge is 0.494 e. The number of hydrogen-bond acceptors (Lipinski definition) is 6. The third-order valence-corrected chi connectivity index (χ3v) is 6.12. The summed E-state index contributed by atoms with van der Waals surface area (Å²) in [6, 6.07) is 16.2. The van der Waals surface area contributed by atoms with E-state index in [1.165, 1.54) is 19.3 Å². The maximum absolute atomic E-state index is 6.00. The molecule has 2 aromatic carbocycles. The van der Waals surface area contributed by atoms with Crippen LogP contribution in [0.1, 0.15) is 52.9 Å². The summed E-state index contributed by atoms with van der Waals surface area (Å²) in [5, 5.41) is 8.85. The summed E-state index contributed by atoms with van der Waals surface area (Å²) in [6.45, 7) is 8.53. The highest BCUT2D eigenvalue weighted by Crippen LogP contribution is 2.33. The van der Waals surface area contributed by atoms with Crippen LogP contribution in [0.2, 0.25) is 0 Å². The Balaban J connectivity index is 1.60. The molecule has 34 heavy (non-hydrogen) atoms. The third-order valence-electron chi connectivity index (χ3n) is 6.12. The number of ether oxygens (including phenoxy) is 3. The van der Waals surface area contributed by atoms with Crippen LogP contribution in [0.3, 0.4) is 0 Å². The van der Waals surface area contributed by atoms with E-state index in [-0.39, 0.29) is 0 Å². The molecule has 0 saturated heterocycles. The minimum absolute atomic E-state index is 0.326. The van der Waals surface area contributed by atoms with Gasteiger partial charge in [-0.1, -0.05) is 32.3 Å². The van der Waals surface area contributed by atoms with Gasteiger partial charge < -0.3 is 14.2 Å². The summed E-state index contributed by atoms with van der Waals surface area (Å²) in [7, 11) is 0. The van der Waals surface area contributed by atoms with E-state index < -0.39 is 0 Å². The van der Waals surface area contributed by atoms with Gasteiger partial charge in [0.25, 0.3) is 0 Å². The van der Waals surface area contributed by atoms with E-state index in [9.17, 15) is 0 Å². The molecule has 6 heteroatoms. The number of aromatic nitrogens is 3. The molecule has 1 fully saturated rings. The van der Waals surface area contributed by atoms with Gasteiger partial charge in [0.05, 0.1) is 19.8 Å². The molecular weight excluding hydrogens is 426 g/mol. The maximum Gasteiger partial charge on any atom is 0.336 e. The van der Waals surface area contributed by atoms with E-state index in [0.717, 1.165) is 47.1 Å². The molecule has 3 aromatic rings. The predicted octanol–water partition coefficient (Wildman–Crippen LogP) is 6.60. The Morgan fingerprint density at radius 2 is 1.32 bits per heavy atom. The van der Waals surface area contributed by atoms with Crippen molar-refractivity contribution in [3.63, 3.8) is 0 Å². The zero-order valence-corrected chi connectivity index (χ0v) is 20.5. The molecule has 1 aliphatic carbocycles. The van der Waals surface area contributed by atoms with Crippen molar-refractivity contribution in [1.82, 2.24) is 15.2 Å². The standard InChI is InChI=1S/C28H35N3O3/c1-4-16-32-24-12-8-22(9-13-24)26-27(23-10-14-25(15-11-23)33-17-5-2)30-31-28(29-26)34-19-21-7-6-20(3)18-21/h8-15,20-21H,4-7,16-19H2,1-3H3. The highest BCUT2D eigenvalue weighted by atomic mass is 16.5. The van der Waals surface area contributed by atoms with Crippen molar-refractivity contribution in [2.45, 2.75) is 52.9 Å². The van der Waals surface area contributed by atoms with Gasteiger partial charge in [0.15, 0.2) is 0 Å². The van der Waals surface area contributed by atoms with Crippen molar-refractivity contribution < 1.29 is 14.2 Å². The van der Waals surface area contributed by atoms with Crippen LogP contribution in [-0.4, -0.2) is 35.0 Å². The summed E-state index contributed by atoms with van der Waals surface area (Å²) in [5.41, 5.74) is 3.33. The van der Waals surface area contributed by atoms with E-state index in [1.807, 2.05) is 48.5 Å². The van der Waals surface area contributed by atoms with Gasteiger partial charge in [0, 0.05) is 11.1 Å². The Morgan fingerprint density at radius 1 is 0.735 bits per heavy atom. The number of hydrogen-bond donors (Lipinski definition) is 0. The van der Waals surface area contributed by atoms with Crippen molar-refractivity contribution in [2.75, 3.05) is 19.8 Å². The van der Waals surface area contributed by atoms with Gasteiger partial charge in [-0.3, -0.25) is 0 Å². The van der Waals surface area contributed by atoms with E-state index >= 15 is 0 Å². The Labute approximate surface area is 202 Å². The van der Waals surface area contributed by atoms with E-state index in [1.54, 1.807) is 0 Å². The molecule has 1 aliphatic rings. The topological polar surface area (TPSA) is 66.4 Å². The first-order valence-corrected chi connectivity index (χ1v) is 12.5. The van der Waals surface area contributed by atoms with Crippen molar-refractivity contribution in [2.24, 2.45) is 11.8 Å². The minimum Gasteiger partial charge on any atom is -0.494 e. The maximum atomic E-state index is 6.00. The monoisotopic (exact) mass is 461 g/mol. The summed E-state index contributed by atoms with van der Waals surface area (Å²) in [4.78, 5) is 4.80. The van der Waals surface area contributed by atoms with Crippen LogP contribution < -0.4 is 14.2 Å². The second-order valence-corrected chi connectivity index (χ2v) is 9.13. The van der Waals surface area contributed by atoms with Crippen LogP contribution in [0.15, 0.2) is 48.5 Å². The highest BCUT2D eigenvalue weighted by molar-refractivity contribution is 5.78. The van der Waals surface area contributed by atoms with Crippen LogP contribution in [0.4, 0.5) is 0 Å². The molecule has 0 amide bonds. The molecular formula is C28H35N3O3. The first-order chi connectivity index (χ1) is 16.7. The molecule has 1 heterocycles. The molecule has 0 bridgehead atoms. The first-order valence-electron chi connectivity index (χ1n) is 12.5. The third kappa shape index (κ3) is 6.25. The van der Waals surface area contributed by atoms with Crippen molar-refractivity contribution in [3.05, 3.63) is 48.5 Å². The molecule has 1 saturated carbocycles. The first kappa shape index (κ1) is 24.0. The number of benzene rings is 2. The quantitative estimate of drug-likeness (QED) is 0.321. The molecule has 180 valence electrons. The normalized spacial score (nSPS) is 17.5. The Kier molecular flexibility index (Phi) is 8.34. The lowest BCUT2D eigenvalue weighted by atomic mass is 10.0. The van der Waals surface area contributed by atoms with Gasteiger partial charge in [-0.25, -0.2) is 0 Å². The molecule has 6 nitrogen and oxygen atoms in total. The van der Waals surface area contributed by atoms with Crippen LogP contribution in [0.25, 0.3) is 22.5 Å².